The van der Waals surface area contributed by atoms with Gasteiger partial charge in [0.15, 0.2) is 0 Å². The molecule has 0 amide bonds. The molecule has 72 valence electrons. The van der Waals surface area contributed by atoms with Gasteiger partial charge in [0, 0.05) is 4.88 Å². The van der Waals surface area contributed by atoms with E-state index in [0.29, 0.717) is 10.8 Å². The van der Waals surface area contributed by atoms with E-state index < -0.39 is 12.0 Å². The summed E-state index contributed by atoms with van der Waals surface area (Å²) < 4.78 is 0.671. The van der Waals surface area contributed by atoms with E-state index in [4.69, 9.17) is 22.4 Å². The molecule has 1 atom stereocenters. The Balaban J connectivity index is 2.74. The molecule has 1 aromatic heterocycles. The van der Waals surface area contributed by atoms with Crippen LogP contribution in [-0.2, 0) is 11.2 Å². The lowest BCUT2D eigenvalue weighted by Crippen LogP contribution is -2.32. The molecule has 0 radical (unpaired) electrons. The van der Waals surface area contributed by atoms with Crippen LogP contribution in [0.1, 0.15) is 10.4 Å². The van der Waals surface area contributed by atoms with Crippen LogP contribution in [0.25, 0.3) is 0 Å². The molecule has 3 N–H and O–H groups in total. The minimum atomic E-state index is -0.985. The van der Waals surface area contributed by atoms with Crippen molar-refractivity contribution in [2.24, 2.45) is 5.73 Å². The third-order valence-electron chi connectivity index (χ3n) is 1.75. The van der Waals surface area contributed by atoms with Gasteiger partial charge in [0.1, 0.15) is 6.04 Å². The fourth-order valence-electron chi connectivity index (χ4n) is 1.01. The second-order valence-corrected chi connectivity index (χ2v) is 4.67. The summed E-state index contributed by atoms with van der Waals surface area (Å²) in [7, 11) is 0. The Kier molecular flexibility index (Phi) is 3.30. The molecule has 1 aromatic rings. The van der Waals surface area contributed by atoms with Crippen LogP contribution in [0.15, 0.2) is 6.07 Å². The molecule has 0 saturated heterocycles. The third-order valence-corrected chi connectivity index (χ3v) is 2.97. The maximum absolute atomic E-state index is 10.5. The number of rotatable bonds is 3. The zero-order chi connectivity index (χ0) is 10.0. The summed E-state index contributed by atoms with van der Waals surface area (Å²) in [5, 5.41) is 8.59. The van der Waals surface area contributed by atoms with Crippen molar-refractivity contribution in [1.29, 1.82) is 0 Å². The molecule has 0 aromatic carbocycles. The predicted molar refractivity (Wildman–Crippen MR) is 53.4 cm³/mol. The molecular weight excluding hydrogens is 210 g/mol. The van der Waals surface area contributed by atoms with E-state index in [1.807, 2.05) is 6.92 Å². The van der Waals surface area contributed by atoms with E-state index in [9.17, 15) is 4.79 Å². The number of hydrogen-bond acceptors (Lipinski definition) is 3. The van der Waals surface area contributed by atoms with Crippen LogP contribution in [0.3, 0.4) is 0 Å². The van der Waals surface area contributed by atoms with E-state index in [-0.39, 0.29) is 0 Å². The molecule has 0 saturated carbocycles. The first-order chi connectivity index (χ1) is 6.00. The quantitative estimate of drug-likeness (QED) is 0.813. The summed E-state index contributed by atoms with van der Waals surface area (Å²) >= 11 is 7.20. The Morgan fingerprint density at radius 3 is 2.85 bits per heavy atom. The summed E-state index contributed by atoms with van der Waals surface area (Å²) in [5.74, 6) is -0.985. The van der Waals surface area contributed by atoms with Crippen molar-refractivity contribution in [3.63, 3.8) is 0 Å². The molecule has 0 aliphatic carbocycles. The van der Waals surface area contributed by atoms with Crippen molar-refractivity contribution in [2.45, 2.75) is 19.4 Å². The van der Waals surface area contributed by atoms with Crippen molar-refractivity contribution >= 4 is 28.9 Å². The lowest BCUT2D eigenvalue weighted by atomic mass is 10.1. The molecule has 1 rings (SSSR count). The molecule has 13 heavy (non-hydrogen) atoms. The van der Waals surface area contributed by atoms with E-state index in [1.54, 1.807) is 6.07 Å². The van der Waals surface area contributed by atoms with Crippen molar-refractivity contribution in [1.82, 2.24) is 0 Å². The van der Waals surface area contributed by atoms with Gasteiger partial charge in [-0.1, -0.05) is 11.6 Å². The highest BCUT2D eigenvalue weighted by atomic mass is 35.5. The Morgan fingerprint density at radius 1 is 1.85 bits per heavy atom. The molecule has 5 heteroatoms. The van der Waals surface area contributed by atoms with Crippen LogP contribution in [0.2, 0.25) is 4.34 Å². The normalized spacial score (nSPS) is 12.8. The van der Waals surface area contributed by atoms with Crippen LogP contribution in [0.5, 0.6) is 0 Å². The molecule has 0 bridgehead atoms. The van der Waals surface area contributed by atoms with Crippen LogP contribution in [0.4, 0.5) is 0 Å². The Labute approximate surface area is 85.1 Å². The first-order valence-electron chi connectivity index (χ1n) is 3.74. The van der Waals surface area contributed by atoms with Crippen molar-refractivity contribution in [2.75, 3.05) is 0 Å². The summed E-state index contributed by atoms with van der Waals surface area (Å²) in [6.07, 6.45) is 0.338. The van der Waals surface area contributed by atoms with Gasteiger partial charge in [-0.15, -0.1) is 11.3 Å². The highest BCUT2D eigenvalue weighted by molar-refractivity contribution is 7.16. The standard InChI is InChI=1S/C8H10ClNO2S/c1-4-5(3-7(9)13-4)2-6(10)8(11)12/h3,6H,2,10H2,1H3,(H,11,12). The number of aryl methyl sites for hydroxylation is 1. The monoisotopic (exact) mass is 219 g/mol. The van der Waals surface area contributed by atoms with Crippen molar-refractivity contribution in [3.05, 3.63) is 20.8 Å². The fraction of sp³-hybridized carbons (Fsp3) is 0.375. The van der Waals surface area contributed by atoms with Crippen LogP contribution in [0, 0.1) is 6.92 Å². The van der Waals surface area contributed by atoms with Crippen LogP contribution >= 0.6 is 22.9 Å². The van der Waals surface area contributed by atoms with Gasteiger partial charge in [-0.05, 0) is 25.0 Å². The number of aliphatic carboxylic acids is 1. The number of carbonyl (C=O) groups is 1. The smallest absolute Gasteiger partial charge is 0.320 e. The molecule has 3 nitrogen and oxygen atoms in total. The van der Waals surface area contributed by atoms with Crippen LogP contribution < -0.4 is 5.73 Å². The largest absolute Gasteiger partial charge is 0.480 e. The van der Waals surface area contributed by atoms with Gasteiger partial charge < -0.3 is 10.8 Å². The SMILES string of the molecule is Cc1sc(Cl)cc1CC(N)C(=O)O. The zero-order valence-electron chi connectivity index (χ0n) is 7.08. The zero-order valence-corrected chi connectivity index (χ0v) is 8.65. The van der Waals surface area contributed by atoms with Gasteiger partial charge in [0.05, 0.1) is 4.34 Å². The van der Waals surface area contributed by atoms with E-state index >= 15 is 0 Å². The number of carboxylic acids is 1. The van der Waals surface area contributed by atoms with Gasteiger partial charge in [-0.2, -0.15) is 0 Å². The minimum Gasteiger partial charge on any atom is -0.480 e. The lowest BCUT2D eigenvalue weighted by molar-refractivity contribution is -0.138. The third kappa shape index (κ3) is 2.69. The maximum Gasteiger partial charge on any atom is 0.320 e. The molecular formula is C8H10ClNO2S. The van der Waals surface area contributed by atoms with Gasteiger partial charge in [0.2, 0.25) is 0 Å². The summed E-state index contributed by atoms with van der Waals surface area (Å²) in [6, 6.07) is 0.925. The number of thiophene rings is 1. The summed E-state index contributed by atoms with van der Waals surface area (Å²) in [6.45, 7) is 1.90. The Bertz CT molecular complexity index is 324. The molecule has 0 fully saturated rings. The second kappa shape index (κ2) is 4.09. The van der Waals surface area contributed by atoms with E-state index in [1.165, 1.54) is 11.3 Å². The van der Waals surface area contributed by atoms with Crippen molar-refractivity contribution in [3.8, 4) is 0 Å². The summed E-state index contributed by atoms with van der Waals surface area (Å²) in [4.78, 5) is 11.5. The van der Waals surface area contributed by atoms with Gasteiger partial charge in [0.25, 0.3) is 0 Å². The molecule has 1 heterocycles. The van der Waals surface area contributed by atoms with E-state index in [2.05, 4.69) is 0 Å². The Morgan fingerprint density at radius 2 is 2.46 bits per heavy atom. The maximum atomic E-state index is 10.5. The number of carboxylic acid groups (broad SMARTS) is 1. The first kappa shape index (κ1) is 10.5. The average molecular weight is 220 g/mol. The number of nitrogens with two attached hydrogens (primary N) is 1. The highest BCUT2D eigenvalue weighted by Crippen LogP contribution is 2.26. The number of halogens is 1. The van der Waals surface area contributed by atoms with E-state index in [0.717, 1.165) is 10.4 Å². The topological polar surface area (TPSA) is 63.3 Å². The molecule has 0 aliphatic heterocycles. The highest BCUT2D eigenvalue weighted by Gasteiger charge is 2.14. The summed E-state index contributed by atoms with van der Waals surface area (Å²) in [5.41, 5.74) is 6.31. The molecule has 1 unspecified atom stereocenters. The van der Waals surface area contributed by atoms with Gasteiger partial charge in [-0.25, -0.2) is 0 Å². The Hall–Kier alpha value is -0.580. The molecule has 0 spiro atoms. The van der Waals surface area contributed by atoms with Gasteiger partial charge in [-0.3, -0.25) is 4.79 Å². The van der Waals surface area contributed by atoms with Crippen LogP contribution in [-0.4, -0.2) is 17.1 Å². The fourth-order valence-corrected chi connectivity index (χ4v) is 2.25. The second-order valence-electron chi connectivity index (χ2n) is 2.78. The lowest BCUT2D eigenvalue weighted by Gasteiger charge is -2.04. The van der Waals surface area contributed by atoms with Crippen molar-refractivity contribution < 1.29 is 9.90 Å². The average Bonchev–Trinajstić information content (AvgIpc) is 2.30. The predicted octanol–water partition coefficient (Wildman–Crippen LogP) is 1.66. The minimum absolute atomic E-state index is 0.338. The van der Waals surface area contributed by atoms with Gasteiger partial charge >= 0.3 is 5.97 Å². The molecule has 0 aliphatic rings. The first-order valence-corrected chi connectivity index (χ1v) is 4.93. The number of hydrogen-bond donors (Lipinski definition) is 2.